The average molecular weight is 1290 g/mol. The number of allylic oxidation sites excluding steroid dienone is 1. The average Bonchev–Trinajstić information content (AvgIpc) is 1.59. The summed E-state index contributed by atoms with van der Waals surface area (Å²) in [7, 11) is 1.67. The summed E-state index contributed by atoms with van der Waals surface area (Å²) >= 11 is 0. The SMILES string of the molecule is C=C(CCCCCCCCCCCCCCCC(=O)O)N[C@@H](CCC(=O)NCCOCCOCC(=O)CCCOCCOCC(=O)NCCCC[C@H](NCC(=O)CC(C)C)C(=O)CN(C)[C@@H](CCCCC(=N)N)C(=O)C[C@@H](Cc1ccc(O)cc1)C(N)=O)C(=O)O. The number of phenolic OH excluding ortho intramolecular Hbond substituents is 1. The minimum Gasteiger partial charge on any atom is -0.508 e. The highest BCUT2D eigenvalue weighted by Gasteiger charge is 2.31. The number of carboxylic acid groups (broad SMARTS) is 2. The molecule has 0 unspecified atom stereocenters. The van der Waals surface area contributed by atoms with Crippen molar-refractivity contribution in [1.29, 1.82) is 5.41 Å². The molecular weight excluding hydrogens is 1170 g/mol. The predicted molar refractivity (Wildman–Crippen MR) is 349 cm³/mol. The van der Waals surface area contributed by atoms with Gasteiger partial charge in [-0.25, -0.2) is 4.79 Å². The molecule has 24 heteroatoms. The maximum Gasteiger partial charge on any atom is 0.326 e. The molecule has 518 valence electrons. The molecular formula is C67H114N8O16. The number of hydrogen-bond donors (Lipinski definition) is 10. The Kier molecular flexibility index (Phi) is 48.6. The summed E-state index contributed by atoms with van der Waals surface area (Å²) in [4.78, 5) is 114. The van der Waals surface area contributed by atoms with E-state index in [9.17, 15) is 53.4 Å². The van der Waals surface area contributed by atoms with Gasteiger partial charge in [-0.15, -0.1) is 0 Å². The first-order chi connectivity index (χ1) is 43.6. The number of hydrogen-bond acceptors (Lipinski definition) is 18. The van der Waals surface area contributed by atoms with Gasteiger partial charge < -0.3 is 67.0 Å². The van der Waals surface area contributed by atoms with E-state index in [0.29, 0.717) is 83.1 Å². The summed E-state index contributed by atoms with van der Waals surface area (Å²) in [6.45, 7) is 9.35. The van der Waals surface area contributed by atoms with Crippen LogP contribution in [-0.4, -0.2) is 183 Å². The number of carbonyl (C=O) groups is 9. The largest absolute Gasteiger partial charge is 0.508 e. The standard InChI is InChI=1S/C67H114N8O16/c1-50(2)43-56(78)46-73-57(61(80)47-75(4)59(26-18-19-27-62(68)69)60(79)45-53(66(70)85)44-52-29-31-54(76)32-30-52)25-20-21-35-71-64(82)49-91-42-39-88-37-22-24-55(77)48-90-41-40-89-38-36-72-63(81)34-33-58(67(86)87)74-51(3)23-16-14-12-10-8-6-5-7-9-11-13-15-17-28-65(83)84/h29-32,50,53,57-59,73-74,76H,3,5-28,33-49H2,1-2,4H3,(H3,68,69)(H2,70,85)(H,71,82)(H,72,81)(H,83,84)(H,86,87)/t53-,57+,58+,59+/m1/s1. The lowest BCUT2D eigenvalue weighted by molar-refractivity contribution is -0.140. The number of aliphatic carboxylic acids is 2. The number of nitrogens with zero attached hydrogens (tertiary/aromatic N) is 1. The van der Waals surface area contributed by atoms with Gasteiger partial charge in [0, 0.05) is 69.8 Å². The first-order valence-electron chi connectivity index (χ1n) is 33.2. The molecule has 0 spiro atoms. The summed E-state index contributed by atoms with van der Waals surface area (Å²) in [6, 6.07) is 3.92. The van der Waals surface area contributed by atoms with Gasteiger partial charge in [0.1, 0.15) is 30.8 Å². The van der Waals surface area contributed by atoms with Gasteiger partial charge in [0.15, 0.2) is 17.3 Å². The molecule has 4 atom stereocenters. The van der Waals surface area contributed by atoms with Gasteiger partial charge in [0.05, 0.1) is 64.0 Å². The van der Waals surface area contributed by atoms with Crippen molar-refractivity contribution in [3.8, 4) is 5.75 Å². The zero-order chi connectivity index (χ0) is 67.4. The van der Waals surface area contributed by atoms with Crippen molar-refractivity contribution in [2.75, 3.05) is 86.1 Å². The maximum atomic E-state index is 14.0. The number of aromatic hydroxyl groups is 1. The number of amidine groups is 1. The minimum atomic E-state index is -1.04. The van der Waals surface area contributed by atoms with E-state index < -0.39 is 41.9 Å². The minimum absolute atomic E-state index is 0.00712. The van der Waals surface area contributed by atoms with Gasteiger partial charge in [0.25, 0.3) is 0 Å². The number of nitrogens with one attached hydrogen (secondary N) is 5. The Balaban J connectivity index is 2.27. The van der Waals surface area contributed by atoms with Crippen molar-refractivity contribution >= 4 is 58.6 Å². The van der Waals surface area contributed by atoms with E-state index in [0.717, 1.165) is 44.1 Å². The van der Waals surface area contributed by atoms with Crippen molar-refractivity contribution in [3.05, 3.63) is 42.1 Å². The van der Waals surface area contributed by atoms with Crippen LogP contribution in [0.3, 0.4) is 0 Å². The van der Waals surface area contributed by atoms with Crippen molar-refractivity contribution in [3.63, 3.8) is 0 Å². The number of Topliss-reactive ketones (excluding diaryl/α,β-unsaturated/α-hetero) is 4. The lowest BCUT2D eigenvalue weighted by Crippen LogP contribution is -2.48. The fourth-order valence-electron chi connectivity index (χ4n) is 10.2. The second-order valence-corrected chi connectivity index (χ2v) is 24.2. The molecule has 1 aromatic carbocycles. The third kappa shape index (κ3) is 47.4. The van der Waals surface area contributed by atoms with Gasteiger partial charge in [-0.2, -0.15) is 0 Å². The normalized spacial score (nSPS) is 12.7. The highest BCUT2D eigenvalue weighted by Crippen LogP contribution is 2.21. The number of amides is 3. The number of carboxylic acids is 2. The second kappa shape index (κ2) is 53.3. The number of primary amides is 1. The Hall–Kier alpha value is -6.18. The lowest BCUT2D eigenvalue weighted by Gasteiger charge is -2.29. The number of unbranched alkanes of at least 4 members (excludes halogenated alkanes) is 14. The molecule has 91 heavy (non-hydrogen) atoms. The smallest absolute Gasteiger partial charge is 0.326 e. The number of ether oxygens (including phenoxy) is 4. The maximum absolute atomic E-state index is 14.0. The van der Waals surface area contributed by atoms with E-state index in [4.69, 9.17) is 40.9 Å². The molecule has 0 aromatic heterocycles. The number of benzene rings is 1. The lowest BCUT2D eigenvalue weighted by atomic mass is 9.89. The summed E-state index contributed by atoms with van der Waals surface area (Å²) < 4.78 is 21.9. The van der Waals surface area contributed by atoms with Crippen LogP contribution < -0.4 is 32.7 Å². The number of ketones is 4. The van der Waals surface area contributed by atoms with Gasteiger partial charge in [-0.05, 0) is 101 Å². The number of carbonyl (C=O) groups excluding carboxylic acids is 7. The molecule has 0 saturated heterocycles. The van der Waals surface area contributed by atoms with Crippen molar-refractivity contribution in [2.45, 2.75) is 218 Å². The molecule has 0 heterocycles. The van der Waals surface area contributed by atoms with E-state index in [1.165, 1.54) is 57.1 Å². The van der Waals surface area contributed by atoms with Crippen LogP contribution in [0.15, 0.2) is 36.5 Å². The van der Waals surface area contributed by atoms with Crippen LogP contribution in [0.5, 0.6) is 5.75 Å². The molecule has 24 nitrogen and oxygen atoms in total. The van der Waals surface area contributed by atoms with Crippen LogP contribution in [0.2, 0.25) is 0 Å². The second-order valence-electron chi connectivity index (χ2n) is 24.2. The molecule has 0 fully saturated rings. The van der Waals surface area contributed by atoms with Crippen molar-refractivity contribution < 1.29 is 77.4 Å². The van der Waals surface area contributed by atoms with E-state index >= 15 is 0 Å². The van der Waals surface area contributed by atoms with Gasteiger partial charge in [-0.1, -0.05) is 110 Å². The Morgan fingerprint density at radius 3 is 1.73 bits per heavy atom. The third-order valence-corrected chi connectivity index (χ3v) is 15.3. The Morgan fingerprint density at radius 1 is 0.571 bits per heavy atom. The molecule has 12 N–H and O–H groups in total. The molecule has 0 radical (unpaired) electrons. The zero-order valence-corrected chi connectivity index (χ0v) is 55.1. The molecule has 0 aliphatic rings. The fourth-order valence-corrected chi connectivity index (χ4v) is 10.2. The van der Waals surface area contributed by atoms with Gasteiger partial charge >= 0.3 is 11.9 Å². The number of nitrogens with two attached hydrogens (primary N) is 2. The summed E-state index contributed by atoms with van der Waals surface area (Å²) in [6.07, 6.45) is 19.8. The molecule has 0 bridgehead atoms. The quantitative estimate of drug-likeness (QED) is 0.0178. The first-order valence-corrected chi connectivity index (χ1v) is 33.2. The fraction of sp³-hybridized carbons (Fsp3) is 0.731. The number of phenols is 1. The van der Waals surface area contributed by atoms with E-state index in [1.54, 1.807) is 24.1 Å². The van der Waals surface area contributed by atoms with Crippen LogP contribution in [0.1, 0.15) is 199 Å². The third-order valence-electron chi connectivity index (χ3n) is 15.3. The molecule has 1 rings (SSSR count). The zero-order valence-electron chi connectivity index (χ0n) is 55.1. The summed E-state index contributed by atoms with van der Waals surface area (Å²) in [5.74, 6) is -4.24. The first kappa shape index (κ1) is 82.8. The van der Waals surface area contributed by atoms with Crippen LogP contribution in [-0.2, 0) is 68.5 Å². The molecule has 0 saturated carbocycles. The molecule has 1 aromatic rings. The van der Waals surface area contributed by atoms with E-state index in [1.807, 2.05) is 13.8 Å². The molecule has 3 amide bonds. The van der Waals surface area contributed by atoms with Gasteiger partial charge in [-0.3, -0.25) is 48.7 Å². The Labute approximate surface area is 541 Å². The van der Waals surface area contributed by atoms with Crippen LogP contribution in [0, 0.1) is 17.2 Å². The Bertz CT molecular complexity index is 2270. The highest BCUT2D eigenvalue weighted by molar-refractivity contribution is 5.91. The van der Waals surface area contributed by atoms with Crippen LogP contribution in [0.4, 0.5) is 0 Å². The predicted octanol–water partition coefficient (Wildman–Crippen LogP) is 7.03. The summed E-state index contributed by atoms with van der Waals surface area (Å²) in [5, 5.41) is 47.4. The van der Waals surface area contributed by atoms with Gasteiger partial charge in [0.2, 0.25) is 17.7 Å². The molecule has 0 aliphatic heterocycles. The number of rotatable bonds is 64. The molecule has 0 aliphatic carbocycles. The topological polar surface area (TPSA) is 378 Å². The van der Waals surface area contributed by atoms with E-state index in [2.05, 4.69) is 27.8 Å². The highest BCUT2D eigenvalue weighted by atomic mass is 16.5. The van der Waals surface area contributed by atoms with Crippen LogP contribution >= 0.6 is 0 Å². The number of likely N-dealkylation sites (N-methyl/N-ethyl adjacent to an activating group) is 1. The Morgan fingerprint density at radius 2 is 1.13 bits per heavy atom. The monoisotopic (exact) mass is 1290 g/mol. The van der Waals surface area contributed by atoms with Crippen LogP contribution in [0.25, 0.3) is 0 Å². The van der Waals surface area contributed by atoms with Crippen molar-refractivity contribution in [1.82, 2.24) is 26.2 Å². The van der Waals surface area contributed by atoms with Crippen molar-refractivity contribution in [2.24, 2.45) is 23.3 Å². The van der Waals surface area contributed by atoms with E-state index in [-0.39, 0.29) is 157 Å². The summed E-state index contributed by atoms with van der Waals surface area (Å²) in [5.41, 5.74) is 12.7.